The van der Waals surface area contributed by atoms with Gasteiger partial charge in [0.1, 0.15) is 5.69 Å². The van der Waals surface area contributed by atoms with E-state index < -0.39 is 0 Å². The SMILES string of the molecule is Nc1nnc(-c2ccccc2)c2ccccc12. The molecule has 0 bridgehead atoms. The van der Waals surface area contributed by atoms with E-state index in [1.807, 2.05) is 54.6 Å². The first-order valence-corrected chi connectivity index (χ1v) is 5.42. The van der Waals surface area contributed by atoms with Gasteiger partial charge in [0.2, 0.25) is 0 Å². The van der Waals surface area contributed by atoms with Crippen molar-refractivity contribution in [1.29, 1.82) is 0 Å². The Hall–Kier alpha value is -2.42. The third-order valence-electron chi connectivity index (χ3n) is 2.76. The Morgan fingerprint density at radius 2 is 1.35 bits per heavy atom. The van der Waals surface area contributed by atoms with Crippen molar-refractivity contribution < 1.29 is 0 Å². The summed E-state index contributed by atoms with van der Waals surface area (Å²) < 4.78 is 0. The minimum atomic E-state index is 0.472. The maximum Gasteiger partial charge on any atom is 0.154 e. The van der Waals surface area contributed by atoms with E-state index in [0.29, 0.717) is 5.82 Å². The van der Waals surface area contributed by atoms with Crippen molar-refractivity contribution in [3.05, 3.63) is 54.6 Å². The standard InChI is InChI=1S/C14H11N3/c15-14-12-9-5-4-8-11(12)13(16-17-14)10-6-2-1-3-7-10/h1-9H,(H2,15,17). The molecule has 3 rings (SSSR count). The molecule has 0 radical (unpaired) electrons. The summed E-state index contributed by atoms with van der Waals surface area (Å²) in [4.78, 5) is 0. The van der Waals surface area contributed by atoms with Crippen LogP contribution >= 0.6 is 0 Å². The highest BCUT2D eigenvalue weighted by Crippen LogP contribution is 2.27. The highest BCUT2D eigenvalue weighted by molar-refractivity contribution is 5.99. The number of nitrogens with zero attached hydrogens (tertiary/aromatic N) is 2. The molecule has 0 fully saturated rings. The highest BCUT2D eigenvalue weighted by atomic mass is 15.1. The number of hydrogen-bond donors (Lipinski definition) is 1. The second kappa shape index (κ2) is 3.87. The molecule has 1 heterocycles. The molecular formula is C14H11N3. The summed E-state index contributed by atoms with van der Waals surface area (Å²) >= 11 is 0. The van der Waals surface area contributed by atoms with Crippen molar-refractivity contribution in [2.75, 3.05) is 5.73 Å². The van der Waals surface area contributed by atoms with Crippen molar-refractivity contribution >= 4 is 16.6 Å². The maximum atomic E-state index is 5.83. The fourth-order valence-electron chi connectivity index (χ4n) is 1.93. The highest BCUT2D eigenvalue weighted by Gasteiger charge is 2.07. The van der Waals surface area contributed by atoms with Gasteiger partial charge in [0, 0.05) is 16.3 Å². The van der Waals surface area contributed by atoms with Gasteiger partial charge in [0.05, 0.1) is 0 Å². The fraction of sp³-hybridized carbons (Fsp3) is 0. The second-order valence-electron chi connectivity index (χ2n) is 3.85. The van der Waals surface area contributed by atoms with Gasteiger partial charge in [0.25, 0.3) is 0 Å². The Balaban J connectivity index is 2.35. The molecule has 0 atom stereocenters. The number of aromatic nitrogens is 2. The summed E-state index contributed by atoms with van der Waals surface area (Å²) in [6.45, 7) is 0. The summed E-state index contributed by atoms with van der Waals surface area (Å²) in [6.07, 6.45) is 0. The van der Waals surface area contributed by atoms with Crippen molar-refractivity contribution in [2.45, 2.75) is 0 Å². The van der Waals surface area contributed by atoms with E-state index >= 15 is 0 Å². The largest absolute Gasteiger partial charge is 0.382 e. The summed E-state index contributed by atoms with van der Waals surface area (Å²) in [5.41, 5.74) is 7.75. The van der Waals surface area contributed by atoms with Crippen molar-refractivity contribution in [3.8, 4) is 11.3 Å². The van der Waals surface area contributed by atoms with E-state index in [9.17, 15) is 0 Å². The van der Waals surface area contributed by atoms with Gasteiger partial charge in [0.15, 0.2) is 5.82 Å². The molecule has 1 aromatic heterocycles. The zero-order valence-electron chi connectivity index (χ0n) is 9.17. The van der Waals surface area contributed by atoms with Gasteiger partial charge in [-0.25, -0.2) is 0 Å². The molecule has 0 amide bonds. The number of benzene rings is 2. The molecule has 0 aliphatic heterocycles. The van der Waals surface area contributed by atoms with Gasteiger partial charge in [-0.15, -0.1) is 10.2 Å². The van der Waals surface area contributed by atoms with Gasteiger partial charge in [-0.3, -0.25) is 0 Å². The molecule has 0 saturated heterocycles. The lowest BCUT2D eigenvalue weighted by molar-refractivity contribution is 1.07. The maximum absolute atomic E-state index is 5.83. The normalized spacial score (nSPS) is 10.6. The molecule has 0 aliphatic carbocycles. The fourth-order valence-corrected chi connectivity index (χ4v) is 1.93. The predicted octanol–water partition coefficient (Wildman–Crippen LogP) is 2.88. The van der Waals surface area contributed by atoms with E-state index in [1.165, 1.54) is 0 Å². The number of rotatable bonds is 1. The first kappa shape index (κ1) is 9.78. The minimum Gasteiger partial charge on any atom is -0.382 e. The second-order valence-corrected chi connectivity index (χ2v) is 3.85. The average Bonchev–Trinajstić information content (AvgIpc) is 2.41. The molecule has 2 aromatic carbocycles. The van der Waals surface area contributed by atoms with Crippen molar-refractivity contribution in [2.24, 2.45) is 0 Å². The lowest BCUT2D eigenvalue weighted by atomic mass is 10.1. The average molecular weight is 221 g/mol. The molecule has 3 nitrogen and oxygen atoms in total. The molecular weight excluding hydrogens is 210 g/mol. The van der Waals surface area contributed by atoms with E-state index in [1.54, 1.807) is 0 Å². The van der Waals surface area contributed by atoms with Crippen LogP contribution in [0, 0.1) is 0 Å². The van der Waals surface area contributed by atoms with Gasteiger partial charge in [-0.05, 0) is 0 Å². The topological polar surface area (TPSA) is 51.8 Å². The Morgan fingerprint density at radius 1 is 0.706 bits per heavy atom. The first-order chi connectivity index (χ1) is 8.36. The number of hydrogen-bond acceptors (Lipinski definition) is 3. The monoisotopic (exact) mass is 221 g/mol. The Kier molecular flexibility index (Phi) is 2.22. The minimum absolute atomic E-state index is 0.472. The molecule has 17 heavy (non-hydrogen) atoms. The Labute approximate surface area is 98.9 Å². The Bertz CT molecular complexity index is 663. The predicted molar refractivity (Wildman–Crippen MR) is 69.4 cm³/mol. The summed E-state index contributed by atoms with van der Waals surface area (Å²) in [7, 11) is 0. The van der Waals surface area contributed by atoms with Crippen LogP contribution in [-0.2, 0) is 0 Å². The van der Waals surface area contributed by atoms with Crippen LogP contribution < -0.4 is 5.73 Å². The van der Waals surface area contributed by atoms with Crippen LogP contribution in [0.2, 0.25) is 0 Å². The number of nitrogens with two attached hydrogens (primary N) is 1. The van der Waals surface area contributed by atoms with Crippen molar-refractivity contribution in [3.63, 3.8) is 0 Å². The van der Waals surface area contributed by atoms with Gasteiger partial charge in [-0.1, -0.05) is 54.6 Å². The molecule has 3 aromatic rings. The molecule has 0 saturated carbocycles. The number of nitrogen functional groups attached to an aromatic ring is 1. The molecule has 0 aliphatic rings. The van der Waals surface area contributed by atoms with E-state index in [-0.39, 0.29) is 0 Å². The van der Waals surface area contributed by atoms with E-state index in [2.05, 4.69) is 10.2 Å². The molecule has 3 heteroatoms. The van der Waals surface area contributed by atoms with Gasteiger partial charge >= 0.3 is 0 Å². The molecule has 2 N–H and O–H groups in total. The molecule has 0 unspecified atom stereocenters. The van der Waals surface area contributed by atoms with Crippen LogP contribution in [0.3, 0.4) is 0 Å². The van der Waals surface area contributed by atoms with Gasteiger partial charge < -0.3 is 5.73 Å². The molecule has 0 spiro atoms. The van der Waals surface area contributed by atoms with E-state index in [4.69, 9.17) is 5.73 Å². The lowest BCUT2D eigenvalue weighted by Crippen LogP contribution is -1.97. The third-order valence-corrected chi connectivity index (χ3v) is 2.76. The Morgan fingerprint density at radius 3 is 2.12 bits per heavy atom. The van der Waals surface area contributed by atoms with Crippen molar-refractivity contribution in [1.82, 2.24) is 10.2 Å². The quantitative estimate of drug-likeness (QED) is 0.687. The third kappa shape index (κ3) is 1.61. The number of fused-ring (bicyclic) bond motifs is 1. The van der Waals surface area contributed by atoms with Crippen LogP contribution in [0.15, 0.2) is 54.6 Å². The summed E-state index contributed by atoms with van der Waals surface area (Å²) in [5, 5.41) is 10.2. The van der Waals surface area contributed by atoms with Crippen LogP contribution in [0.5, 0.6) is 0 Å². The van der Waals surface area contributed by atoms with Crippen LogP contribution in [0.25, 0.3) is 22.0 Å². The van der Waals surface area contributed by atoms with Crippen LogP contribution in [0.1, 0.15) is 0 Å². The van der Waals surface area contributed by atoms with Crippen LogP contribution in [-0.4, -0.2) is 10.2 Å². The zero-order valence-corrected chi connectivity index (χ0v) is 9.17. The van der Waals surface area contributed by atoms with E-state index in [0.717, 1.165) is 22.0 Å². The molecule has 82 valence electrons. The smallest absolute Gasteiger partial charge is 0.154 e. The van der Waals surface area contributed by atoms with Gasteiger partial charge in [-0.2, -0.15) is 0 Å². The summed E-state index contributed by atoms with van der Waals surface area (Å²) in [6, 6.07) is 17.9. The number of anilines is 1. The zero-order chi connectivity index (χ0) is 11.7. The lowest BCUT2D eigenvalue weighted by Gasteiger charge is -2.06. The summed E-state index contributed by atoms with van der Waals surface area (Å²) in [5.74, 6) is 0.472. The van der Waals surface area contributed by atoms with Crippen LogP contribution in [0.4, 0.5) is 5.82 Å². The first-order valence-electron chi connectivity index (χ1n) is 5.42.